The molecule has 0 aliphatic carbocycles. The molecule has 1 aromatic heterocycles. The zero-order chi connectivity index (χ0) is 16.4. The fourth-order valence-electron chi connectivity index (χ4n) is 3.44. The first-order valence-electron chi connectivity index (χ1n) is 8.16. The predicted molar refractivity (Wildman–Crippen MR) is 90.3 cm³/mol. The summed E-state index contributed by atoms with van der Waals surface area (Å²) in [5.41, 5.74) is 2.82. The monoisotopic (exact) mass is 316 g/mol. The summed E-state index contributed by atoms with van der Waals surface area (Å²) in [4.78, 5) is 13.9. The molecule has 5 heteroatoms. The second kappa shape index (κ2) is 6.72. The van der Waals surface area contributed by atoms with Gasteiger partial charge in [-0.3, -0.25) is 4.79 Å². The summed E-state index contributed by atoms with van der Waals surface area (Å²) in [6.07, 6.45) is 2.49. The number of ether oxygens (including phenoxy) is 1. The summed E-state index contributed by atoms with van der Waals surface area (Å²) in [6.45, 7) is 5.65. The average Bonchev–Trinajstić information content (AvgIpc) is 2.84. The van der Waals surface area contributed by atoms with Crippen LogP contribution in [-0.2, 0) is 6.54 Å². The van der Waals surface area contributed by atoms with E-state index in [2.05, 4.69) is 9.47 Å². The molecule has 23 heavy (non-hydrogen) atoms. The zero-order valence-corrected chi connectivity index (χ0v) is 13.8. The third-order valence-corrected chi connectivity index (χ3v) is 4.89. The molecule has 124 valence electrons. The lowest BCUT2D eigenvalue weighted by molar-refractivity contribution is 0.0810. The van der Waals surface area contributed by atoms with E-state index in [1.165, 1.54) is 0 Å². The van der Waals surface area contributed by atoms with Gasteiger partial charge in [0.2, 0.25) is 0 Å². The van der Waals surface area contributed by atoms with Gasteiger partial charge in [0.1, 0.15) is 5.75 Å². The molecule has 0 spiro atoms. The van der Waals surface area contributed by atoms with Crippen molar-refractivity contribution in [3.8, 4) is 5.75 Å². The molecule has 0 amide bonds. The first-order chi connectivity index (χ1) is 11.1. The Morgan fingerprint density at radius 2 is 2.04 bits per heavy atom. The van der Waals surface area contributed by atoms with Gasteiger partial charge in [0.15, 0.2) is 6.29 Å². The maximum absolute atomic E-state index is 11.5. The second-order valence-corrected chi connectivity index (χ2v) is 6.22. The Morgan fingerprint density at radius 3 is 2.70 bits per heavy atom. The van der Waals surface area contributed by atoms with Crippen molar-refractivity contribution in [2.24, 2.45) is 0 Å². The van der Waals surface area contributed by atoms with Crippen LogP contribution in [0.25, 0.3) is 10.9 Å². The smallest absolute Gasteiger partial charge is 0.152 e. The zero-order valence-electron chi connectivity index (χ0n) is 13.8. The van der Waals surface area contributed by atoms with Crippen LogP contribution in [0.4, 0.5) is 0 Å². The number of nitrogens with zero attached hydrogens (tertiary/aromatic N) is 2. The predicted octanol–water partition coefficient (Wildman–Crippen LogP) is 2.23. The maximum Gasteiger partial charge on any atom is 0.152 e. The lowest BCUT2D eigenvalue weighted by Crippen LogP contribution is -2.37. The first kappa shape index (κ1) is 16.0. The number of carbonyl (C=O) groups is 1. The van der Waals surface area contributed by atoms with Crippen LogP contribution < -0.4 is 4.74 Å². The van der Waals surface area contributed by atoms with E-state index in [9.17, 15) is 9.90 Å². The largest absolute Gasteiger partial charge is 0.497 e. The van der Waals surface area contributed by atoms with Crippen molar-refractivity contribution < 1.29 is 14.6 Å². The molecular weight excluding hydrogens is 292 g/mol. The maximum atomic E-state index is 11.5. The number of aliphatic hydroxyl groups is 1. The number of carbonyl (C=O) groups excluding carboxylic acids is 1. The van der Waals surface area contributed by atoms with Crippen molar-refractivity contribution in [2.45, 2.75) is 32.4 Å². The lowest BCUT2D eigenvalue weighted by Gasteiger charge is -2.29. The minimum absolute atomic E-state index is 0.144. The van der Waals surface area contributed by atoms with E-state index in [1.54, 1.807) is 7.11 Å². The molecule has 0 bridgehead atoms. The minimum atomic E-state index is -0.144. The normalized spacial score (nSPS) is 16.8. The number of hydrogen-bond donors (Lipinski definition) is 1. The Hall–Kier alpha value is -1.85. The molecule has 1 fully saturated rings. The molecule has 0 radical (unpaired) electrons. The van der Waals surface area contributed by atoms with Gasteiger partial charge in [0, 0.05) is 48.3 Å². The number of aliphatic hydroxyl groups excluding tert-OH is 1. The number of methoxy groups -OCH3 is 1. The molecule has 0 saturated carbocycles. The van der Waals surface area contributed by atoms with Crippen LogP contribution in [0.1, 0.15) is 28.9 Å². The summed E-state index contributed by atoms with van der Waals surface area (Å²) < 4.78 is 7.49. The molecular formula is C18H24N2O3. The van der Waals surface area contributed by atoms with Crippen LogP contribution in [0, 0.1) is 6.92 Å². The minimum Gasteiger partial charge on any atom is -0.497 e. The topological polar surface area (TPSA) is 54.7 Å². The number of benzene rings is 1. The van der Waals surface area contributed by atoms with Gasteiger partial charge in [0.05, 0.1) is 13.2 Å². The van der Waals surface area contributed by atoms with Crippen LogP contribution in [0.5, 0.6) is 5.75 Å². The van der Waals surface area contributed by atoms with Gasteiger partial charge in [-0.2, -0.15) is 0 Å². The van der Waals surface area contributed by atoms with Gasteiger partial charge < -0.3 is 19.3 Å². The molecule has 0 atom stereocenters. The summed E-state index contributed by atoms with van der Waals surface area (Å²) in [5, 5.41) is 10.5. The first-order valence-corrected chi connectivity index (χ1v) is 8.16. The molecule has 5 nitrogen and oxygen atoms in total. The van der Waals surface area contributed by atoms with Gasteiger partial charge in [-0.05, 0) is 38.0 Å². The second-order valence-electron chi connectivity index (χ2n) is 6.22. The van der Waals surface area contributed by atoms with Gasteiger partial charge in [-0.15, -0.1) is 0 Å². The third-order valence-electron chi connectivity index (χ3n) is 4.89. The summed E-state index contributed by atoms with van der Waals surface area (Å²) >= 11 is 0. The van der Waals surface area contributed by atoms with E-state index in [0.717, 1.165) is 73.2 Å². The third kappa shape index (κ3) is 3.12. The van der Waals surface area contributed by atoms with E-state index in [1.807, 2.05) is 25.1 Å². The summed E-state index contributed by atoms with van der Waals surface area (Å²) in [6, 6.07) is 5.89. The summed E-state index contributed by atoms with van der Waals surface area (Å²) in [5.74, 6) is 0.766. The highest BCUT2D eigenvalue weighted by molar-refractivity contribution is 6.00. The van der Waals surface area contributed by atoms with E-state index >= 15 is 0 Å². The van der Waals surface area contributed by atoms with E-state index < -0.39 is 0 Å². The van der Waals surface area contributed by atoms with Crippen LogP contribution in [0.3, 0.4) is 0 Å². The van der Waals surface area contributed by atoms with Gasteiger partial charge in [-0.25, -0.2) is 0 Å². The highest BCUT2D eigenvalue weighted by Gasteiger charge is 2.18. The Balaban J connectivity index is 1.85. The highest BCUT2D eigenvalue weighted by Crippen LogP contribution is 2.28. The molecule has 2 aromatic rings. The Morgan fingerprint density at radius 1 is 1.30 bits per heavy atom. The molecule has 1 aromatic carbocycles. The van der Waals surface area contributed by atoms with Gasteiger partial charge in [0.25, 0.3) is 0 Å². The van der Waals surface area contributed by atoms with Crippen LogP contribution in [0.15, 0.2) is 18.2 Å². The van der Waals surface area contributed by atoms with Crippen molar-refractivity contribution in [1.29, 1.82) is 0 Å². The van der Waals surface area contributed by atoms with Crippen molar-refractivity contribution in [1.82, 2.24) is 9.47 Å². The number of aldehydes is 1. The number of piperidine rings is 1. The van der Waals surface area contributed by atoms with Crippen LogP contribution in [-0.4, -0.2) is 53.7 Å². The Bertz CT molecular complexity index is 700. The number of likely N-dealkylation sites (tertiary alicyclic amines) is 1. The molecule has 0 unspecified atom stereocenters. The Labute approximate surface area is 136 Å². The van der Waals surface area contributed by atoms with E-state index in [-0.39, 0.29) is 6.10 Å². The van der Waals surface area contributed by atoms with Crippen molar-refractivity contribution in [3.05, 3.63) is 29.5 Å². The fraction of sp³-hybridized carbons (Fsp3) is 0.500. The molecule has 1 saturated heterocycles. The van der Waals surface area contributed by atoms with Crippen molar-refractivity contribution in [3.63, 3.8) is 0 Å². The van der Waals surface area contributed by atoms with Crippen LogP contribution in [0.2, 0.25) is 0 Å². The van der Waals surface area contributed by atoms with Crippen molar-refractivity contribution in [2.75, 3.05) is 26.7 Å². The average molecular weight is 316 g/mol. The summed E-state index contributed by atoms with van der Waals surface area (Å²) in [7, 11) is 1.64. The quantitative estimate of drug-likeness (QED) is 0.860. The Kier molecular flexibility index (Phi) is 4.68. The molecule has 3 rings (SSSR count). The number of aromatic nitrogens is 1. The molecule has 1 aliphatic rings. The molecule has 2 heterocycles. The fourth-order valence-corrected chi connectivity index (χ4v) is 3.44. The number of rotatable bonds is 5. The van der Waals surface area contributed by atoms with Gasteiger partial charge in [-0.1, -0.05) is 0 Å². The molecule has 1 N–H and O–H groups in total. The number of fused-ring (bicyclic) bond motifs is 1. The highest BCUT2D eigenvalue weighted by atomic mass is 16.5. The van der Waals surface area contributed by atoms with Crippen molar-refractivity contribution >= 4 is 17.2 Å². The van der Waals surface area contributed by atoms with E-state index in [4.69, 9.17) is 4.74 Å². The van der Waals surface area contributed by atoms with E-state index in [0.29, 0.717) is 0 Å². The standard InChI is InChI=1S/C18H24N2O3/c1-13-17(12-21)16-11-15(23-2)3-4-18(16)20(13)10-9-19-7-5-14(22)6-8-19/h3-4,11-12,14,22H,5-10H2,1-2H3. The molecule has 1 aliphatic heterocycles. The van der Waals surface area contributed by atoms with Crippen LogP contribution >= 0.6 is 0 Å². The SMILES string of the molecule is COc1ccc2c(c1)c(C=O)c(C)n2CCN1CCC(O)CC1. The van der Waals surface area contributed by atoms with Gasteiger partial charge >= 0.3 is 0 Å². The number of hydrogen-bond acceptors (Lipinski definition) is 4. The lowest BCUT2D eigenvalue weighted by atomic mass is 10.1.